The molecule has 0 radical (unpaired) electrons. The number of nitrogens with zero attached hydrogens (tertiary/aromatic N) is 1. The Kier molecular flexibility index (Phi) is 6.95. The fourth-order valence-corrected chi connectivity index (χ4v) is 5.30. The molecule has 1 aromatic carbocycles. The maximum Gasteiger partial charge on any atom is 0.241 e. The number of carbonyl (C=O) groups excluding carboxylic acids is 2. The molecule has 2 aliphatic rings. The third kappa shape index (κ3) is 5.36. The standard InChI is InChI=1S/C21H31N3O4S/c1-15(2)20(21(26)24-12-5-3-4-6-13-24)23-29(27,28)17-10-11-18-16(14-17)8-7-9-19(25)22-18/h10-11,14-15,20,23H,3-9,12-13H2,1-2H3,(H,22,25)/t20-/m0/s1. The van der Waals surface area contributed by atoms with E-state index in [9.17, 15) is 18.0 Å². The summed E-state index contributed by atoms with van der Waals surface area (Å²) in [6.45, 7) is 5.08. The number of fused-ring (bicyclic) bond motifs is 1. The van der Waals surface area contributed by atoms with E-state index in [2.05, 4.69) is 10.0 Å². The van der Waals surface area contributed by atoms with Crippen LogP contribution in [0.2, 0.25) is 0 Å². The molecule has 7 nitrogen and oxygen atoms in total. The summed E-state index contributed by atoms with van der Waals surface area (Å²) in [6, 6.07) is 3.93. The van der Waals surface area contributed by atoms with Gasteiger partial charge in [0.2, 0.25) is 21.8 Å². The first-order chi connectivity index (χ1) is 13.8. The summed E-state index contributed by atoms with van der Waals surface area (Å²) >= 11 is 0. The van der Waals surface area contributed by atoms with Crippen LogP contribution < -0.4 is 10.0 Å². The van der Waals surface area contributed by atoms with E-state index >= 15 is 0 Å². The Morgan fingerprint density at radius 2 is 1.76 bits per heavy atom. The molecular weight excluding hydrogens is 390 g/mol. The molecule has 0 aromatic heterocycles. The van der Waals surface area contributed by atoms with Crippen LogP contribution in [0.25, 0.3) is 0 Å². The van der Waals surface area contributed by atoms with Gasteiger partial charge in [-0.25, -0.2) is 8.42 Å². The number of nitrogens with one attached hydrogen (secondary N) is 2. The summed E-state index contributed by atoms with van der Waals surface area (Å²) in [6.07, 6.45) is 5.87. The molecule has 29 heavy (non-hydrogen) atoms. The Bertz CT molecular complexity index is 859. The van der Waals surface area contributed by atoms with Crippen molar-refractivity contribution in [2.75, 3.05) is 18.4 Å². The van der Waals surface area contributed by atoms with Gasteiger partial charge in [-0.1, -0.05) is 26.7 Å². The first-order valence-corrected chi connectivity index (χ1v) is 12.0. The van der Waals surface area contributed by atoms with Gasteiger partial charge in [-0.15, -0.1) is 0 Å². The average Bonchev–Trinajstić information content (AvgIpc) is 3.05. The van der Waals surface area contributed by atoms with E-state index in [-0.39, 0.29) is 22.6 Å². The molecular formula is C21H31N3O4S. The van der Waals surface area contributed by atoms with Crippen LogP contribution >= 0.6 is 0 Å². The van der Waals surface area contributed by atoms with E-state index < -0.39 is 16.1 Å². The zero-order valence-electron chi connectivity index (χ0n) is 17.2. The predicted octanol–water partition coefficient (Wildman–Crippen LogP) is 2.67. The highest BCUT2D eigenvalue weighted by atomic mass is 32.2. The van der Waals surface area contributed by atoms with Crippen molar-refractivity contribution in [2.24, 2.45) is 5.92 Å². The molecule has 3 rings (SSSR count). The molecule has 2 amide bonds. The second kappa shape index (κ2) is 9.26. The van der Waals surface area contributed by atoms with E-state index in [0.717, 1.165) is 31.2 Å². The van der Waals surface area contributed by atoms with Crippen LogP contribution in [0.1, 0.15) is 57.9 Å². The van der Waals surface area contributed by atoms with Gasteiger partial charge in [-0.2, -0.15) is 4.72 Å². The zero-order chi connectivity index (χ0) is 21.0. The lowest BCUT2D eigenvalue weighted by molar-refractivity contribution is -0.134. The van der Waals surface area contributed by atoms with Crippen molar-refractivity contribution in [3.63, 3.8) is 0 Å². The molecule has 0 bridgehead atoms. The van der Waals surface area contributed by atoms with Gasteiger partial charge in [-0.05, 0) is 55.4 Å². The van der Waals surface area contributed by atoms with Crippen LogP contribution in [0, 0.1) is 5.92 Å². The van der Waals surface area contributed by atoms with E-state index in [0.29, 0.717) is 38.0 Å². The number of likely N-dealkylation sites (tertiary alicyclic amines) is 1. The van der Waals surface area contributed by atoms with Crippen molar-refractivity contribution >= 4 is 27.5 Å². The third-order valence-electron chi connectivity index (χ3n) is 5.64. The highest BCUT2D eigenvalue weighted by Gasteiger charge is 2.32. The van der Waals surface area contributed by atoms with Crippen LogP contribution in [0.15, 0.2) is 23.1 Å². The Labute approximate surface area is 173 Å². The average molecular weight is 422 g/mol. The number of anilines is 1. The largest absolute Gasteiger partial charge is 0.341 e. The van der Waals surface area contributed by atoms with E-state index in [1.807, 2.05) is 13.8 Å². The first kappa shape index (κ1) is 21.8. The Morgan fingerprint density at radius 3 is 2.41 bits per heavy atom. The summed E-state index contributed by atoms with van der Waals surface area (Å²) in [5.74, 6) is -0.367. The topological polar surface area (TPSA) is 95.6 Å². The van der Waals surface area contributed by atoms with Crippen LogP contribution in [-0.4, -0.2) is 44.3 Å². The van der Waals surface area contributed by atoms with Crippen molar-refractivity contribution in [3.05, 3.63) is 23.8 Å². The minimum Gasteiger partial charge on any atom is -0.341 e. The number of benzene rings is 1. The zero-order valence-corrected chi connectivity index (χ0v) is 18.1. The van der Waals surface area contributed by atoms with Crippen molar-refractivity contribution in [1.29, 1.82) is 0 Å². The van der Waals surface area contributed by atoms with Gasteiger partial charge in [-0.3, -0.25) is 9.59 Å². The number of carbonyl (C=O) groups is 2. The molecule has 2 heterocycles. The summed E-state index contributed by atoms with van der Waals surface area (Å²) in [7, 11) is -3.87. The lowest BCUT2D eigenvalue weighted by Crippen LogP contribution is -2.51. The maximum absolute atomic E-state index is 13.1. The SMILES string of the molecule is CC(C)[C@H](NS(=O)(=O)c1ccc2c(c1)CCCC(=O)N2)C(=O)N1CCCCCC1. The van der Waals surface area contributed by atoms with E-state index in [4.69, 9.17) is 0 Å². The highest BCUT2D eigenvalue weighted by molar-refractivity contribution is 7.89. The summed E-state index contributed by atoms with van der Waals surface area (Å²) in [4.78, 5) is 26.7. The number of aryl methyl sites for hydroxylation is 1. The van der Waals surface area contributed by atoms with Crippen LogP contribution in [0.4, 0.5) is 5.69 Å². The highest BCUT2D eigenvalue weighted by Crippen LogP contribution is 2.25. The first-order valence-electron chi connectivity index (χ1n) is 10.5. The van der Waals surface area contributed by atoms with Crippen molar-refractivity contribution in [2.45, 2.75) is 69.7 Å². The fraction of sp³-hybridized carbons (Fsp3) is 0.619. The molecule has 2 N–H and O–H groups in total. The molecule has 0 saturated carbocycles. The van der Waals surface area contributed by atoms with Gasteiger partial charge in [0.05, 0.1) is 4.90 Å². The van der Waals surface area contributed by atoms with Crippen molar-refractivity contribution in [3.8, 4) is 0 Å². The second-order valence-corrected chi connectivity index (χ2v) is 10.0. The normalized spacial score (nSPS) is 19.1. The predicted molar refractivity (Wildman–Crippen MR) is 112 cm³/mol. The minimum absolute atomic E-state index is 0.0552. The lowest BCUT2D eigenvalue weighted by Gasteiger charge is -2.29. The Morgan fingerprint density at radius 1 is 1.07 bits per heavy atom. The second-order valence-electron chi connectivity index (χ2n) is 8.30. The molecule has 1 aromatic rings. The number of rotatable bonds is 5. The summed E-state index contributed by atoms with van der Waals surface area (Å²) in [5.41, 5.74) is 1.46. The number of hydrogen-bond acceptors (Lipinski definition) is 4. The quantitative estimate of drug-likeness (QED) is 0.764. The number of sulfonamides is 1. The third-order valence-corrected chi connectivity index (χ3v) is 7.08. The van der Waals surface area contributed by atoms with Gasteiger partial charge in [0.25, 0.3) is 0 Å². The molecule has 160 valence electrons. The Hall–Kier alpha value is -1.93. The molecule has 0 unspecified atom stereocenters. The molecule has 0 spiro atoms. The van der Waals surface area contributed by atoms with Gasteiger partial charge in [0, 0.05) is 25.2 Å². The van der Waals surface area contributed by atoms with Crippen molar-refractivity contribution in [1.82, 2.24) is 9.62 Å². The minimum atomic E-state index is -3.87. The summed E-state index contributed by atoms with van der Waals surface area (Å²) < 4.78 is 28.8. The van der Waals surface area contributed by atoms with Gasteiger partial charge >= 0.3 is 0 Å². The molecule has 1 atom stereocenters. The number of hydrogen-bond donors (Lipinski definition) is 2. The van der Waals surface area contributed by atoms with Crippen LogP contribution in [0.5, 0.6) is 0 Å². The Balaban J connectivity index is 1.81. The van der Waals surface area contributed by atoms with E-state index in [1.165, 1.54) is 6.07 Å². The lowest BCUT2D eigenvalue weighted by atomic mass is 10.0. The number of amides is 2. The molecule has 8 heteroatoms. The van der Waals surface area contributed by atoms with Gasteiger partial charge in [0.1, 0.15) is 6.04 Å². The molecule has 0 aliphatic carbocycles. The molecule has 2 aliphatic heterocycles. The maximum atomic E-state index is 13.1. The van der Waals surface area contributed by atoms with Gasteiger partial charge in [0.15, 0.2) is 0 Å². The fourth-order valence-electron chi connectivity index (χ4n) is 3.91. The summed E-state index contributed by atoms with van der Waals surface area (Å²) in [5, 5.41) is 2.81. The monoisotopic (exact) mass is 421 g/mol. The van der Waals surface area contributed by atoms with Crippen LogP contribution in [-0.2, 0) is 26.0 Å². The van der Waals surface area contributed by atoms with E-state index in [1.54, 1.807) is 17.0 Å². The van der Waals surface area contributed by atoms with Gasteiger partial charge < -0.3 is 10.2 Å². The van der Waals surface area contributed by atoms with Crippen LogP contribution in [0.3, 0.4) is 0 Å². The molecule has 1 fully saturated rings. The molecule has 1 saturated heterocycles. The van der Waals surface area contributed by atoms with Crippen molar-refractivity contribution < 1.29 is 18.0 Å². The smallest absolute Gasteiger partial charge is 0.241 e.